The van der Waals surface area contributed by atoms with Gasteiger partial charge in [-0.2, -0.15) is 0 Å². The van der Waals surface area contributed by atoms with Crippen LogP contribution in [0.4, 0.5) is 4.39 Å². The molecule has 1 aromatic heterocycles. The zero-order chi connectivity index (χ0) is 22.0. The van der Waals surface area contributed by atoms with Crippen LogP contribution in [0, 0.1) is 12.7 Å². The van der Waals surface area contributed by atoms with E-state index in [9.17, 15) is 18.8 Å². The van der Waals surface area contributed by atoms with Crippen molar-refractivity contribution in [3.63, 3.8) is 0 Å². The molecule has 0 saturated carbocycles. The fraction of sp³-hybridized carbons (Fsp3) is 0.409. The Kier molecular flexibility index (Phi) is 6.36. The van der Waals surface area contributed by atoms with E-state index in [4.69, 9.17) is 9.47 Å². The Balaban J connectivity index is 2.06. The molecule has 0 bridgehead atoms. The average molecular weight is 416 g/mol. The molecule has 1 fully saturated rings. The average Bonchev–Trinajstić information content (AvgIpc) is 3.04. The highest BCUT2D eigenvalue weighted by atomic mass is 19.1. The van der Waals surface area contributed by atoms with E-state index in [2.05, 4.69) is 4.98 Å². The summed E-state index contributed by atoms with van der Waals surface area (Å²) >= 11 is 0. The van der Waals surface area contributed by atoms with Crippen molar-refractivity contribution in [2.75, 3.05) is 19.7 Å². The summed E-state index contributed by atoms with van der Waals surface area (Å²) in [5, 5.41) is 0. The molecule has 1 aliphatic rings. The van der Waals surface area contributed by atoms with Crippen LogP contribution in [-0.4, -0.2) is 59.4 Å². The van der Waals surface area contributed by atoms with Crippen LogP contribution in [0.5, 0.6) is 0 Å². The second-order valence-electron chi connectivity index (χ2n) is 7.40. The van der Waals surface area contributed by atoms with E-state index in [-0.39, 0.29) is 35.6 Å². The highest BCUT2D eigenvalue weighted by molar-refractivity contribution is 6.43. The first-order valence-corrected chi connectivity index (χ1v) is 9.87. The molecule has 0 spiro atoms. The highest BCUT2D eigenvalue weighted by Gasteiger charge is 2.34. The number of carbonyl (C=O) groups is 3. The van der Waals surface area contributed by atoms with Crippen molar-refractivity contribution in [2.24, 2.45) is 0 Å². The number of hydrogen-bond acceptors (Lipinski definition) is 5. The fourth-order valence-electron chi connectivity index (χ4n) is 3.75. The number of benzene rings is 1. The van der Waals surface area contributed by atoms with Crippen LogP contribution in [-0.2, 0) is 14.3 Å². The van der Waals surface area contributed by atoms with Gasteiger partial charge in [-0.05, 0) is 45.4 Å². The van der Waals surface area contributed by atoms with Gasteiger partial charge in [0.15, 0.2) is 0 Å². The van der Waals surface area contributed by atoms with E-state index in [1.54, 1.807) is 13.8 Å². The van der Waals surface area contributed by atoms with E-state index in [1.807, 2.05) is 13.8 Å². The maximum Gasteiger partial charge on any atom is 0.340 e. The molecule has 8 heteroatoms. The number of nitrogens with one attached hydrogen (secondary N) is 1. The number of Topliss-reactive ketones (excluding diaryl/α,β-unsaturated/α-hetero) is 1. The van der Waals surface area contributed by atoms with E-state index in [0.717, 1.165) is 0 Å². The van der Waals surface area contributed by atoms with Crippen LogP contribution in [0.15, 0.2) is 24.3 Å². The smallest absolute Gasteiger partial charge is 0.340 e. The standard InChI is InChI=1S/C22H25FN2O5/c1-5-29-22(28)17-14(4)24-19(18(17)15-6-8-16(23)9-7-15)20(26)21(27)25-10-12(2)30-13(3)11-25/h6-9,12-13,24H,5,10-11H2,1-4H3/t12-,13-/m0/s1. The number of carbonyl (C=O) groups excluding carboxylic acids is 3. The Morgan fingerprint density at radius 2 is 1.77 bits per heavy atom. The van der Waals surface area contributed by atoms with Gasteiger partial charge in [0, 0.05) is 24.3 Å². The highest BCUT2D eigenvalue weighted by Crippen LogP contribution is 2.32. The molecular weight excluding hydrogens is 391 g/mol. The maximum atomic E-state index is 13.5. The molecule has 2 aromatic rings. The minimum atomic E-state index is -0.769. The molecule has 2 heterocycles. The molecule has 3 rings (SSSR count). The van der Waals surface area contributed by atoms with Gasteiger partial charge in [-0.15, -0.1) is 0 Å². The Hall–Kier alpha value is -3.00. The van der Waals surface area contributed by atoms with E-state index in [1.165, 1.54) is 29.2 Å². The third-order valence-corrected chi connectivity index (χ3v) is 4.93. The van der Waals surface area contributed by atoms with Crippen LogP contribution in [0.1, 0.15) is 47.3 Å². The molecule has 1 saturated heterocycles. The van der Waals surface area contributed by atoms with E-state index >= 15 is 0 Å². The number of rotatable bonds is 5. The number of H-pyrrole nitrogens is 1. The summed E-state index contributed by atoms with van der Waals surface area (Å²) in [6, 6.07) is 5.38. The summed E-state index contributed by atoms with van der Waals surface area (Å²) in [5.74, 6) is -2.53. The lowest BCUT2D eigenvalue weighted by atomic mass is 9.98. The topological polar surface area (TPSA) is 88.7 Å². The zero-order valence-corrected chi connectivity index (χ0v) is 17.5. The molecular formula is C22H25FN2O5. The van der Waals surface area contributed by atoms with Crippen LogP contribution in [0.3, 0.4) is 0 Å². The predicted octanol–water partition coefficient (Wildman–Crippen LogP) is 3.12. The molecule has 30 heavy (non-hydrogen) atoms. The Morgan fingerprint density at radius 3 is 2.33 bits per heavy atom. The molecule has 0 radical (unpaired) electrons. The molecule has 0 aliphatic carbocycles. The number of nitrogens with zero attached hydrogens (tertiary/aromatic N) is 1. The predicted molar refractivity (Wildman–Crippen MR) is 108 cm³/mol. The number of aromatic nitrogens is 1. The second kappa shape index (κ2) is 8.79. The van der Waals surface area contributed by atoms with Crippen molar-refractivity contribution in [3.8, 4) is 11.1 Å². The number of ether oxygens (including phenoxy) is 2. The summed E-state index contributed by atoms with van der Waals surface area (Å²) in [7, 11) is 0. The number of aromatic amines is 1. The van der Waals surface area contributed by atoms with E-state index < -0.39 is 23.5 Å². The van der Waals surface area contributed by atoms with Crippen molar-refractivity contribution in [1.29, 1.82) is 0 Å². The van der Waals surface area contributed by atoms with Gasteiger partial charge in [-0.25, -0.2) is 9.18 Å². The fourth-order valence-corrected chi connectivity index (χ4v) is 3.75. The summed E-state index contributed by atoms with van der Waals surface area (Å²) in [5.41, 5.74) is 1.21. The van der Waals surface area contributed by atoms with Gasteiger partial charge in [-0.1, -0.05) is 12.1 Å². The van der Waals surface area contributed by atoms with Crippen molar-refractivity contribution in [1.82, 2.24) is 9.88 Å². The van der Waals surface area contributed by atoms with Gasteiger partial charge in [0.05, 0.1) is 24.4 Å². The number of aryl methyl sites for hydroxylation is 1. The lowest BCUT2D eigenvalue weighted by molar-refractivity contribution is -0.138. The minimum Gasteiger partial charge on any atom is -0.462 e. The molecule has 1 aliphatic heterocycles. The molecule has 0 unspecified atom stereocenters. The van der Waals surface area contributed by atoms with Crippen LogP contribution < -0.4 is 0 Å². The Labute approximate surface area is 174 Å². The SMILES string of the molecule is CCOC(=O)c1c(C)[nH]c(C(=O)C(=O)N2C[C@H](C)O[C@@H](C)C2)c1-c1ccc(F)cc1. The van der Waals surface area contributed by atoms with Gasteiger partial charge in [0.25, 0.3) is 11.7 Å². The van der Waals surface area contributed by atoms with Crippen molar-refractivity contribution < 1.29 is 28.2 Å². The molecule has 1 amide bonds. The lowest BCUT2D eigenvalue weighted by Gasteiger charge is -2.34. The number of ketones is 1. The van der Waals surface area contributed by atoms with Gasteiger partial charge < -0.3 is 19.4 Å². The number of halogens is 1. The summed E-state index contributed by atoms with van der Waals surface area (Å²) in [6.07, 6.45) is -0.384. The first-order valence-electron chi connectivity index (χ1n) is 9.87. The summed E-state index contributed by atoms with van der Waals surface area (Å²) in [4.78, 5) is 43.1. The van der Waals surface area contributed by atoms with Crippen LogP contribution >= 0.6 is 0 Å². The number of hydrogen-bond donors (Lipinski definition) is 1. The molecule has 1 aromatic carbocycles. The Bertz CT molecular complexity index is 957. The number of esters is 1. The third kappa shape index (κ3) is 4.28. The molecule has 1 N–H and O–H groups in total. The normalized spacial score (nSPS) is 18.9. The maximum absolute atomic E-state index is 13.5. The van der Waals surface area contributed by atoms with E-state index in [0.29, 0.717) is 24.3 Å². The molecule has 2 atom stereocenters. The monoisotopic (exact) mass is 416 g/mol. The summed E-state index contributed by atoms with van der Waals surface area (Å²) in [6.45, 7) is 7.71. The number of morpholine rings is 1. The minimum absolute atomic E-state index is 0.0149. The van der Waals surface area contributed by atoms with Crippen molar-refractivity contribution >= 4 is 17.7 Å². The van der Waals surface area contributed by atoms with Gasteiger partial charge >= 0.3 is 5.97 Å². The van der Waals surface area contributed by atoms with Crippen LogP contribution in [0.2, 0.25) is 0 Å². The van der Waals surface area contributed by atoms with Gasteiger partial charge in [0.2, 0.25) is 0 Å². The van der Waals surface area contributed by atoms with Gasteiger partial charge in [-0.3, -0.25) is 9.59 Å². The first-order chi connectivity index (χ1) is 14.2. The summed E-state index contributed by atoms with van der Waals surface area (Å²) < 4.78 is 24.2. The second-order valence-corrected chi connectivity index (χ2v) is 7.40. The Morgan fingerprint density at radius 1 is 1.17 bits per heavy atom. The first kappa shape index (κ1) is 21.7. The largest absolute Gasteiger partial charge is 0.462 e. The number of amides is 1. The van der Waals surface area contributed by atoms with Gasteiger partial charge in [0.1, 0.15) is 11.5 Å². The molecule has 7 nitrogen and oxygen atoms in total. The lowest BCUT2D eigenvalue weighted by Crippen LogP contribution is -2.50. The van der Waals surface area contributed by atoms with Crippen molar-refractivity contribution in [2.45, 2.75) is 39.9 Å². The van der Waals surface area contributed by atoms with Crippen molar-refractivity contribution in [3.05, 3.63) is 47.0 Å². The zero-order valence-electron chi connectivity index (χ0n) is 17.5. The third-order valence-electron chi connectivity index (χ3n) is 4.93. The molecule has 160 valence electrons. The van der Waals surface area contributed by atoms with Crippen LogP contribution in [0.25, 0.3) is 11.1 Å². The quantitative estimate of drug-likeness (QED) is 0.460.